The van der Waals surface area contributed by atoms with Crippen molar-refractivity contribution in [2.45, 2.75) is 122 Å². The Labute approximate surface area is 140 Å². The van der Waals surface area contributed by atoms with E-state index in [1.54, 1.807) is 13.3 Å². The van der Waals surface area contributed by atoms with Gasteiger partial charge in [0.1, 0.15) is 0 Å². The number of hydrogen-bond acceptors (Lipinski definition) is 0. The number of rotatable bonds is 14. The fourth-order valence-electron chi connectivity index (χ4n) is 4.21. The van der Waals surface area contributed by atoms with Crippen molar-refractivity contribution in [3.63, 3.8) is 0 Å². The summed E-state index contributed by atoms with van der Waals surface area (Å²) in [6.07, 6.45) is 14.6. The number of hydrogen-bond donors (Lipinski definition) is 0. The van der Waals surface area contributed by atoms with Crippen LogP contribution in [0.4, 0.5) is 0 Å². The number of unbranched alkanes of at least 4 members (excludes halogenated alkanes) is 4. The third-order valence-corrected chi connectivity index (χ3v) is 26.4. The Hall–Kier alpha value is 0.799. The van der Waals surface area contributed by atoms with E-state index in [0.29, 0.717) is 0 Å². The van der Waals surface area contributed by atoms with Gasteiger partial charge in [-0.2, -0.15) is 0 Å². The molecule has 0 aliphatic heterocycles. The molecule has 0 aromatic heterocycles. The predicted molar refractivity (Wildman–Crippen MR) is 103 cm³/mol. The van der Waals surface area contributed by atoms with Crippen molar-refractivity contribution in [2.75, 3.05) is 0 Å². The molecule has 0 fully saturated rings. The second kappa shape index (κ2) is 12.2. The van der Waals surface area contributed by atoms with Gasteiger partial charge in [-0.1, -0.05) is 0 Å². The Bertz CT molecular complexity index is 214. The molecule has 0 rings (SSSR count). The van der Waals surface area contributed by atoms with E-state index in [0.717, 1.165) is 3.43 Å². The van der Waals surface area contributed by atoms with E-state index in [4.69, 9.17) is 0 Å². The second-order valence-electron chi connectivity index (χ2n) is 7.61. The molecule has 0 heterocycles. The normalized spacial score (nSPS) is 15.1. The van der Waals surface area contributed by atoms with Gasteiger partial charge in [-0.05, 0) is 0 Å². The van der Waals surface area contributed by atoms with Crippen molar-refractivity contribution in [2.24, 2.45) is 0 Å². The van der Waals surface area contributed by atoms with Crippen LogP contribution in [0.25, 0.3) is 0 Å². The molecule has 0 radical (unpaired) electrons. The second-order valence-corrected chi connectivity index (χ2v) is 22.6. The molecule has 1 heteroatoms. The van der Waals surface area contributed by atoms with Gasteiger partial charge in [0.05, 0.1) is 0 Å². The van der Waals surface area contributed by atoms with Crippen LogP contribution in [0.3, 0.4) is 0 Å². The molecule has 0 spiro atoms. The Morgan fingerprint density at radius 1 is 0.619 bits per heavy atom. The van der Waals surface area contributed by atoms with Gasteiger partial charge >= 0.3 is 141 Å². The third-order valence-electron chi connectivity index (χ3n) is 6.17. The zero-order valence-corrected chi connectivity index (χ0v) is 19.0. The van der Waals surface area contributed by atoms with Crippen LogP contribution in [0.1, 0.15) is 106 Å². The van der Waals surface area contributed by atoms with Crippen molar-refractivity contribution in [1.29, 1.82) is 0 Å². The van der Waals surface area contributed by atoms with E-state index in [1.807, 2.05) is 0 Å². The fraction of sp³-hybridized carbons (Fsp3) is 1.00. The van der Waals surface area contributed by atoms with Gasteiger partial charge in [0.2, 0.25) is 0 Å². The molecule has 0 aromatic carbocycles. The molecule has 0 aliphatic rings. The van der Waals surface area contributed by atoms with Gasteiger partial charge in [-0.25, -0.2) is 0 Å². The molecule has 128 valence electrons. The topological polar surface area (TPSA) is 0 Å². The molecular weight excluding hydrogens is 359 g/mol. The molecular formula is C20H44Sn. The average Bonchev–Trinajstić information content (AvgIpc) is 2.52. The first kappa shape index (κ1) is 21.8. The van der Waals surface area contributed by atoms with Gasteiger partial charge in [-0.15, -0.1) is 0 Å². The van der Waals surface area contributed by atoms with Gasteiger partial charge in [0.15, 0.2) is 0 Å². The van der Waals surface area contributed by atoms with Crippen LogP contribution in [0.15, 0.2) is 0 Å². The molecule has 0 saturated carbocycles. The quantitative estimate of drug-likeness (QED) is 0.257. The maximum atomic E-state index is 2.72. The van der Waals surface area contributed by atoms with Crippen LogP contribution in [0.2, 0.25) is 16.7 Å². The average molecular weight is 403 g/mol. The van der Waals surface area contributed by atoms with Gasteiger partial charge < -0.3 is 0 Å². The van der Waals surface area contributed by atoms with Gasteiger partial charge in [0, 0.05) is 0 Å². The molecule has 0 aromatic rings. The van der Waals surface area contributed by atoms with Crippen molar-refractivity contribution >= 4 is 18.4 Å². The minimum absolute atomic E-state index is 0.768. The molecule has 1 atom stereocenters. The van der Waals surface area contributed by atoms with Crippen LogP contribution in [0, 0.1) is 0 Å². The van der Waals surface area contributed by atoms with Crippen LogP contribution in [-0.4, -0.2) is 18.4 Å². The first-order valence-electron chi connectivity index (χ1n) is 10.1. The summed E-state index contributed by atoms with van der Waals surface area (Å²) < 4.78 is 5.81. The van der Waals surface area contributed by atoms with Crippen LogP contribution in [-0.2, 0) is 0 Å². The summed E-state index contributed by atoms with van der Waals surface area (Å²) in [5.41, 5.74) is 0. The summed E-state index contributed by atoms with van der Waals surface area (Å²) >= 11 is -2.05. The predicted octanol–water partition coefficient (Wildman–Crippen LogP) is 8.20. The van der Waals surface area contributed by atoms with E-state index >= 15 is 0 Å². The molecule has 0 aliphatic carbocycles. The van der Waals surface area contributed by atoms with Crippen LogP contribution >= 0.6 is 0 Å². The zero-order chi connectivity index (χ0) is 16.2. The van der Waals surface area contributed by atoms with E-state index in [2.05, 4.69) is 41.5 Å². The van der Waals surface area contributed by atoms with Gasteiger partial charge in [0.25, 0.3) is 0 Å². The molecule has 0 bridgehead atoms. The maximum absolute atomic E-state index is 2.72. The molecule has 21 heavy (non-hydrogen) atoms. The summed E-state index contributed by atoms with van der Waals surface area (Å²) in [5.74, 6) is 0. The van der Waals surface area contributed by atoms with Crippen molar-refractivity contribution in [3.8, 4) is 0 Å². The zero-order valence-electron chi connectivity index (χ0n) is 16.2. The van der Waals surface area contributed by atoms with Crippen molar-refractivity contribution in [1.82, 2.24) is 0 Å². The van der Waals surface area contributed by atoms with Crippen molar-refractivity contribution in [3.05, 3.63) is 0 Å². The third kappa shape index (κ3) is 6.83. The molecule has 0 amide bonds. The monoisotopic (exact) mass is 404 g/mol. The summed E-state index contributed by atoms with van der Waals surface area (Å²) in [6, 6.07) is 0. The van der Waals surface area contributed by atoms with E-state index < -0.39 is 18.4 Å². The van der Waals surface area contributed by atoms with E-state index in [9.17, 15) is 0 Å². The Kier molecular flexibility index (Phi) is 12.7. The van der Waals surface area contributed by atoms with E-state index in [-0.39, 0.29) is 0 Å². The fourth-order valence-corrected chi connectivity index (χ4v) is 24.5. The molecule has 0 N–H and O–H groups in total. The summed E-state index contributed by atoms with van der Waals surface area (Å²) in [5, 5.41) is 0. The molecule has 0 nitrogen and oxygen atoms in total. The van der Waals surface area contributed by atoms with Crippen LogP contribution in [0.5, 0.6) is 0 Å². The summed E-state index contributed by atoms with van der Waals surface area (Å²) in [7, 11) is 0. The molecule has 1 unspecified atom stereocenters. The van der Waals surface area contributed by atoms with Crippen LogP contribution < -0.4 is 0 Å². The molecule has 0 saturated heterocycles. The standard InChI is InChI=1S/C8H17.3C4H9.Sn/c1-4-6-7-8(3)5-2;3*1-3-4-2;/h4-7H2,1-3H3;3*1,3-4H2,2H3;. The minimum atomic E-state index is -2.05. The first-order valence-corrected chi connectivity index (χ1v) is 17.5. The Morgan fingerprint density at radius 2 is 1.00 bits per heavy atom. The van der Waals surface area contributed by atoms with E-state index in [1.165, 1.54) is 64.2 Å². The Balaban J connectivity index is 5.30. The SMILES string of the molecule is CCCC[C](C)(CC)[Sn]([CH2]CCC)([CH2]CCC)[CH2]CCC. The van der Waals surface area contributed by atoms with Crippen molar-refractivity contribution < 1.29 is 0 Å². The first-order chi connectivity index (χ1) is 10.1. The summed E-state index contributed by atoms with van der Waals surface area (Å²) in [6.45, 7) is 14.8. The van der Waals surface area contributed by atoms with Gasteiger partial charge in [-0.3, -0.25) is 0 Å². The Morgan fingerprint density at radius 3 is 1.29 bits per heavy atom. The summed E-state index contributed by atoms with van der Waals surface area (Å²) in [4.78, 5) is 0.